The van der Waals surface area contributed by atoms with E-state index in [1.807, 2.05) is 0 Å². The molecule has 0 aromatic heterocycles. The molecule has 0 aromatic carbocycles. The highest BCUT2D eigenvalue weighted by molar-refractivity contribution is 4.72. The molecule has 4 heteroatoms. The van der Waals surface area contributed by atoms with Crippen molar-refractivity contribution in [3.8, 4) is 0 Å². The average molecular weight is 257 g/mol. The zero-order chi connectivity index (χ0) is 13.2. The molecule has 0 radical (unpaired) electrons. The van der Waals surface area contributed by atoms with Crippen LogP contribution in [0.25, 0.3) is 0 Å². The van der Waals surface area contributed by atoms with Gasteiger partial charge in [-0.3, -0.25) is 4.90 Å². The van der Waals surface area contributed by atoms with Gasteiger partial charge >= 0.3 is 0 Å². The van der Waals surface area contributed by atoms with Crippen LogP contribution in [-0.2, 0) is 0 Å². The molecule has 1 rings (SSSR count). The maximum Gasteiger partial charge on any atom is 0.0793 e. The zero-order valence-electron chi connectivity index (χ0n) is 12.2. The summed E-state index contributed by atoms with van der Waals surface area (Å²) in [5.41, 5.74) is 0. The Kier molecular flexibility index (Phi) is 8.59. The van der Waals surface area contributed by atoms with Crippen molar-refractivity contribution in [3.63, 3.8) is 0 Å². The lowest BCUT2D eigenvalue weighted by Gasteiger charge is -2.28. The first kappa shape index (κ1) is 15.9. The van der Waals surface area contributed by atoms with Gasteiger partial charge in [0.1, 0.15) is 0 Å². The van der Waals surface area contributed by atoms with Crippen molar-refractivity contribution in [1.82, 2.24) is 15.1 Å². The predicted molar refractivity (Wildman–Crippen MR) is 77.0 cm³/mol. The van der Waals surface area contributed by atoms with Crippen LogP contribution in [-0.4, -0.2) is 73.4 Å². The van der Waals surface area contributed by atoms with Crippen LogP contribution < -0.4 is 5.32 Å². The van der Waals surface area contributed by atoms with Crippen LogP contribution in [0.5, 0.6) is 0 Å². The van der Waals surface area contributed by atoms with E-state index < -0.39 is 0 Å². The van der Waals surface area contributed by atoms with Crippen molar-refractivity contribution in [2.45, 2.75) is 39.2 Å². The fourth-order valence-corrected chi connectivity index (χ4v) is 2.66. The third-order valence-corrected chi connectivity index (χ3v) is 3.45. The van der Waals surface area contributed by atoms with E-state index in [2.05, 4.69) is 29.0 Å². The Balaban J connectivity index is 2.26. The summed E-state index contributed by atoms with van der Waals surface area (Å²) in [5.74, 6) is 0. The third kappa shape index (κ3) is 6.69. The number of β-amino-alcohol motifs (C(OH)–C–C–N with tert-alkyl or cyclic N) is 1. The number of hydrogen-bond acceptors (Lipinski definition) is 4. The molecule has 0 aromatic rings. The molecule has 1 saturated heterocycles. The number of nitrogens with one attached hydrogen (secondary N) is 1. The van der Waals surface area contributed by atoms with Crippen molar-refractivity contribution < 1.29 is 5.11 Å². The summed E-state index contributed by atoms with van der Waals surface area (Å²) in [6.07, 6.45) is 3.32. The van der Waals surface area contributed by atoms with E-state index in [-0.39, 0.29) is 6.10 Å². The first-order chi connectivity index (χ1) is 8.76. The molecule has 0 unspecified atom stereocenters. The molecule has 1 fully saturated rings. The second-order valence-corrected chi connectivity index (χ2v) is 5.36. The van der Waals surface area contributed by atoms with Crippen LogP contribution in [0.2, 0.25) is 0 Å². The van der Waals surface area contributed by atoms with Crippen molar-refractivity contribution in [3.05, 3.63) is 0 Å². The van der Waals surface area contributed by atoms with Crippen molar-refractivity contribution >= 4 is 0 Å². The topological polar surface area (TPSA) is 38.7 Å². The lowest BCUT2D eigenvalue weighted by Crippen LogP contribution is -2.42. The van der Waals surface area contributed by atoms with Crippen LogP contribution >= 0.6 is 0 Å². The first-order valence-corrected chi connectivity index (χ1v) is 7.59. The van der Waals surface area contributed by atoms with E-state index in [1.54, 1.807) is 0 Å². The van der Waals surface area contributed by atoms with Gasteiger partial charge < -0.3 is 15.3 Å². The quantitative estimate of drug-likeness (QED) is 0.673. The Morgan fingerprint density at radius 3 is 2.56 bits per heavy atom. The smallest absolute Gasteiger partial charge is 0.0793 e. The van der Waals surface area contributed by atoms with E-state index in [9.17, 15) is 5.11 Å². The summed E-state index contributed by atoms with van der Waals surface area (Å²) in [4.78, 5) is 4.78. The Hall–Kier alpha value is -0.160. The molecule has 0 spiro atoms. The van der Waals surface area contributed by atoms with Crippen LogP contribution in [0.4, 0.5) is 0 Å². The van der Waals surface area contributed by atoms with Crippen LogP contribution in [0.3, 0.4) is 0 Å². The Labute approximate surface area is 112 Å². The highest BCUT2D eigenvalue weighted by Gasteiger charge is 2.15. The molecule has 0 bridgehead atoms. The average Bonchev–Trinajstić information content (AvgIpc) is 2.58. The Bertz CT molecular complexity index is 183. The second kappa shape index (κ2) is 9.73. The molecule has 0 aliphatic carbocycles. The number of hydrogen-bond donors (Lipinski definition) is 2. The highest BCUT2D eigenvalue weighted by Crippen LogP contribution is 2.01. The van der Waals surface area contributed by atoms with E-state index >= 15 is 0 Å². The minimum Gasteiger partial charge on any atom is -0.390 e. The van der Waals surface area contributed by atoms with E-state index in [1.165, 1.54) is 19.3 Å². The van der Waals surface area contributed by atoms with Gasteiger partial charge in [-0.25, -0.2) is 0 Å². The van der Waals surface area contributed by atoms with Gasteiger partial charge in [0.15, 0.2) is 0 Å². The lowest BCUT2D eigenvalue weighted by atomic mass is 10.2. The summed E-state index contributed by atoms with van der Waals surface area (Å²) in [6.45, 7) is 12.6. The van der Waals surface area contributed by atoms with E-state index in [4.69, 9.17) is 0 Å². The normalized spacial score (nSPS) is 20.0. The fourth-order valence-electron chi connectivity index (χ4n) is 2.66. The molecule has 0 amide bonds. The minimum atomic E-state index is -0.207. The highest BCUT2D eigenvalue weighted by atomic mass is 16.3. The molecule has 18 heavy (non-hydrogen) atoms. The molecule has 2 N–H and O–H groups in total. The molecule has 1 aliphatic rings. The van der Waals surface area contributed by atoms with Gasteiger partial charge in [0.25, 0.3) is 0 Å². The van der Waals surface area contributed by atoms with Crippen LogP contribution in [0.1, 0.15) is 33.1 Å². The van der Waals surface area contributed by atoms with Crippen molar-refractivity contribution in [2.24, 2.45) is 0 Å². The number of nitrogens with zero attached hydrogens (tertiary/aromatic N) is 2. The van der Waals surface area contributed by atoms with E-state index in [0.29, 0.717) is 0 Å². The largest absolute Gasteiger partial charge is 0.390 e. The maximum atomic E-state index is 10.2. The van der Waals surface area contributed by atoms with Gasteiger partial charge in [0.05, 0.1) is 6.10 Å². The van der Waals surface area contributed by atoms with Crippen LogP contribution in [0, 0.1) is 0 Å². The van der Waals surface area contributed by atoms with E-state index in [0.717, 1.165) is 52.4 Å². The van der Waals surface area contributed by atoms with Crippen molar-refractivity contribution in [1.29, 1.82) is 0 Å². The molecule has 4 nitrogen and oxygen atoms in total. The van der Waals surface area contributed by atoms with Gasteiger partial charge in [0.2, 0.25) is 0 Å². The lowest BCUT2D eigenvalue weighted by molar-refractivity contribution is 0.0757. The first-order valence-electron chi connectivity index (χ1n) is 7.59. The SMILES string of the molecule is CCCN(CCC)C[C@H](O)CN1CCCNCC1. The Morgan fingerprint density at radius 2 is 1.89 bits per heavy atom. The molecule has 1 heterocycles. The monoisotopic (exact) mass is 257 g/mol. The van der Waals surface area contributed by atoms with Crippen LogP contribution in [0.15, 0.2) is 0 Å². The second-order valence-electron chi connectivity index (χ2n) is 5.36. The third-order valence-electron chi connectivity index (χ3n) is 3.45. The summed E-state index contributed by atoms with van der Waals surface area (Å²) < 4.78 is 0. The van der Waals surface area contributed by atoms with Gasteiger partial charge in [-0.15, -0.1) is 0 Å². The number of rotatable bonds is 8. The summed E-state index contributed by atoms with van der Waals surface area (Å²) in [7, 11) is 0. The molecule has 1 atom stereocenters. The van der Waals surface area contributed by atoms with Gasteiger partial charge in [-0.2, -0.15) is 0 Å². The molecule has 0 saturated carbocycles. The van der Waals surface area contributed by atoms with Gasteiger partial charge in [-0.05, 0) is 45.4 Å². The molecular formula is C14H31N3O. The molecule has 108 valence electrons. The summed E-state index contributed by atoms with van der Waals surface area (Å²) in [5, 5.41) is 13.6. The maximum absolute atomic E-state index is 10.2. The molecular weight excluding hydrogens is 226 g/mol. The number of aliphatic hydroxyl groups is 1. The standard InChI is InChI=1S/C14H31N3O/c1-3-8-16(9-4-2)12-14(18)13-17-10-5-6-15-7-11-17/h14-15,18H,3-13H2,1-2H3/t14-/m0/s1. The van der Waals surface area contributed by atoms with Gasteiger partial charge in [0, 0.05) is 26.2 Å². The predicted octanol–water partition coefficient (Wildman–Crippen LogP) is 0.765. The van der Waals surface area contributed by atoms with Crippen molar-refractivity contribution in [2.75, 3.05) is 52.4 Å². The number of aliphatic hydroxyl groups excluding tert-OH is 1. The summed E-state index contributed by atoms with van der Waals surface area (Å²) >= 11 is 0. The summed E-state index contributed by atoms with van der Waals surface area (Å²) in [6, 6.07) is 0. The minimum absolute atomic E-state index is 0.207. The molecule has 1 aliphatic heterocycles. The van der Waals surface area contributed by atoms with Gasteiger partial charge in [-0.1, -0.05) is 13.8 Å². The zero-order valence-corrected chi connectivity index (χ0v) is 12.2. The Morgan fingerprint density at radius 1 is 1.17 bits per heavy atom. The fraction of sp³-hybridized carbons (Fsp3) is 1.00.